The molecular weight excluding hydrogens is 699 g/mol. The number of hydrogen-bond acceptors (Lipinski definition) is 3. The summed E-state index contributed by atoms with van der Waals surface area (Å²) in [6, 6.07) is -0.623. The Labute approximate surface area is 358 Å². The van der Waals surface area contributed by atoms with E-state index in [4.69, 9.17) is 0 Å². The number of carbonyl (C=O) groups excluding carboxylic acids is 1. The first-order valence-electron chi connectivity index (χ1n) is 26.1. The third kappa shape index (κ3) is 45.8. The van der Waals surface area contributed by atoms with Crippen molar-refractivity contribution < 1.29 is 15.0 Å². The van der Waals surface area contributed by atoms with E-state index in [1.165, 1.54) is 244 Å². The highest BCUT2D eigenvalue weighted by Gasteiger charge is 2.18. The zero-order valence-corrected chi connectivity index (χ0v) is 38.9. The molecule has 0 radical (unpaired) electrons. The molecule has 4 nitrogen and oxygen atoms in total. The SMILES string of the molecule is CCCCCCCCCCC/C=C\CCCCCCCCCC(=O)NC(CO)C(O)/C=C/CCCCCCCCCCCCCCCCCCCCCCCCC. The maximum Gasteiger partial charge on any atom is 0.220 e. The van der Waals surface area contributed by atoms with Gasteiger partial charge in [-0.1, -0.05) is 263 Å². The molecule has 1 amide bonds. The number of hydrogen-bond donors (Lipinski definition) is 3. The minimum absolute atomic E-state index is 0.0643. The second-order valence-corrected chi connectivity index (χ2v) is 17.9. The monoisotopic (exact) mass is 802 g/mol. The van der Waals surface area contributed by atoms with Crippen LogP contribution in [0.1, 0.15) is 290 Å². The molecule has 0 aromatic rings. The highest BCUT2D eigenvalue weighted by atomic mass is 16.3. The molecule has 2 unspecified atom stereocenters. The van der Waals surface area contributed by atoms with E-state index in [0.717, 1.165) is 25.7 Å². The summed E-state index contributed by atoms with van der Waals surface area (Å²) < 4.78 is 0. The van der Waals surface area contributed by atoms with Crippen LogP contribution in [0.25, 0.3) is 0 Å². The predicted octanol–water partition coefficient (Wildman–Crippen LogP) is 16.8. The normalized spacial score (nSPS) is 13.0. The van der Waals surface area contributed by atoms with Crippen molar-refractivity contribution in [2.75, 3.05) is 6.61 Å². The van der Waals surface area contributed by atoms with Crippen LogP contribution in [0.2, 0.25) is 0 Å². The number of amides is 1. The van der Waals surface area contributed by atoms with Crippen LogP contribution in [0, 0.1) is 0 Å². The van der Waals surface area contributed by atoms with Crippen molar-refractivity contribution in [3.05, 3.63) is 24.3 Å². The third-order valence-electron chi connectivity index (χ3n) is 12.2. The molecule has 0 saturated carbocycles. The van der Waals surface area contributed by atoms with Gasteiger partial charge in [-0.3, -0.25) is 4.79 Å². The van der Waals surface area contributed by atoms with Crippen molar-refractivity contribution >= 4 is 5.91 Å². The van der Waals surface area contributed by atoms with E-state index in [2.05, 4.69) is 31.3 Å². The molecule has 0 spiro atoms. The number of carbonyl (C=O) groups is 1. The van der Waals surface area contributed by atoms with Crippen LogP contribution >= 0.6 is 0 Å². The molecule has 0 heterocycles. The summed E-state index contributed by atoms with van der Waals surface area (Å²) in [5.41, 5.74) is 0. The Bertz CT molecular complexity index is 825. The van der Waals surface area contributed by atoms with Crippen LogP contribution in [0.3, 0.4) is 0 Å². The lowest BCUT2D eigenvalue weighted by molar-refractivity contribution is -0.123. The van der Waals surface area contributed by atoms with Crippen molar-refractivity contribution in [3.63, 3.8) is 0 Å². The summed E-state index contributed by atoms with van der Waals surface area (Å²) in [6.45, 7) is 4.34. The number of unbranched alkanes of at least 4 members (excludes halogenated alkanes) is 39. The topological polar surface area (TPSA) is 69.6 Å². The number of aliphatic hydroxyl groups is 2. The van der Waals surface area contributed by atoms with Crippen LogP contribution in [0.15, 0.2) is 24.3 Å². The second-order valence-electron chi connectivity index (χ2n) is 17.9. The highest BCUT2D eigenvalue weighted by molar-refractivity contribution is 5.76. The van der Waals surface area contributed by atoms with Gasteiger partial charge in [-0.05, 0) is 44.9 Å². The van der Waals surface area contributed by atoms with E-state index in [0.29, 0.717) is 6.42 Å². The van der Waals surface area contributed by atoms with E-state index in [1.807, 2.05) is 6.08 Å². The Balaban J connectivity index is 3.50. The number of rotatable bonds is 48. The average Bonchev–Trinajstić information content (AvgIpc) is 3.22. The first kappa shape index (κ1) is 55.9. The molecule has 4 heteroatoms. The molecule has 0 fully saturated rings. The van der Waals surface area contributed by atoms with Crippen LogP contribution < -0.4 is 5.32 Å². The summed E-state index contributed by atoms with van der Waals surface area (Å²) in [7, 11) is 0. The second kappa shape index (κ2) is 49.2. The molecule has 3 N–H and O–H groups in total. The maximum atomic E-state index is 12.4. The third-order valence-corrected chi connectivity index (χ3v) is 12.2. The van der Waals surface area contributed by atoms with Gasteiger partial charge >= 0.3 is 0 Å². The van der Waals surface area contributed by atoms with Crippen molar-refractivity contribution in [2.45, 2.75) is 302 Å². The predicted molar refractivity (Wildman–Crippen MR) is 253 cm³/mol. The molecule has 0 aromatic heterocycles. The molecule has 0 aliphatic rings. The van der Waals surface area contributed by atoms with Gasteiger partial charge in [0.05, 0.1) is 18.8 Å². The lowest BCUT2D eigenvalue weighted by Crippen LogP contribution is -2.45. The Morgan fingerprint density at radius 3 is 0.965 bits per heavy atom. The lowest BCUT2D eigenvalue weighted by atomic mass is 10.0. The summed E-state index contributed by atoms with van der Waals surface area (Å²) in [5, 5.41) is 23.1. The highest BCUT2D eigenvalue weighted by Crippen LogP contribution is 2.17. The smallest absolute Gasteiger partial charge is 0.220 e. The van der Waals surface area contributed by atoms with Crippen LogP contribution in [0.5, 0.6) is 0 Å². The zero-order valence-electron chi connectivity index (χ0n) is 38.9. The first-order chi connectivity index (χ1) is 28.2. The Morgan fingerprint density at radius 1 is 0.404 bits per heavy atom. The maximum absolute atomic E-state index is 12.4. The fourth-order valence-corrected chi connectivity index (χ4v) is 8.18. The van der Waals surface area contributed by atoms with Crippen molar-refractivity contribution in [1.82, 2.24) is 5.32 Å². The van der Waals surface area contributed by atoms with Gasteiger partial charge in [-0.25, -0.2) is 0 Å². The van der Waals surface area contributed by atoms with Gasteiger partial charge < -0.3 is 15.5 Å². The molecule has 338 valence electrons. The molecule has 0 aromatic carbocycles. The molecule has 2 atom stereocenters. The standard InChI is InChI=1S/C53H103NO3/c1-3-5-7-9-11-13-15-17-19-21-23-25-26-27-28-29-30-32-34-36-38-40-42-44-46-48-52(56)51(50-55)54-53(57)49-47-45-43-41-39-37-35-33-31-24-22-20-18-16-14-12-10-8-6-4-2/h24,31,46,48,51-52,55-56H,3-23,25-30,32-45,47,49-50H2,1-2H3,(H,54,57)/b31-24-,48-46+. The molecule has 0 saturated heterocycles. The number of allylic oxidation sites excluding steroid dienone is 3. The molecule has 57 heavy (non-hydrogen) atoms. The molecule has 0 rings (SSSR count). The molecule has 0 aliphatic carbocycles. The van der Waals surface area contributed by atoms with Gasteiger partial charge in [0.15, 0.2) is 0 Å². The van der Waals surface area contributed by atoms with E-state index in [9.17, 15) is 15.0 Å². The summed E-state index contributed by atoms with van der Waals surface area (Å²) in [6.07, 6.45) is 64.6. The number of aliphatic hydroxyl groups excluding tert-OH is 2. The summed E-state index contributed by atoms with van der Waals surface area (Å²) >= 11 is 0. The Kier molecular flexibility index (Phi) is 48.3. The minimum atomic E-state index is -0.840. The van der Waals surface area contributed by atoms with E-state index in [1.54, 1.807) is 6.08 Å². The summed E-state index contributed by atoms with van der Waals surface area (Å²) in [4.78, 5) is 12.4. The largest absolute Gasteiger partial charge is 0.394 e. The van der Waals surface area contributed by atoms with Crippen LogP contribution in [-0.2, 0) is 4.79 Å². The summed E-state index contributed by atoms with van der Waals surface area (Å²) in [5.74, 6) is -0.0643. The van der Waals surface area contributed by atoms with E-state index < -0.39 is 12.1 Å². The fourth-order valence-electron chi connectivity index (χ4n) is 8.18. The van der Waals surface area contributed by atoms with Crippen molar-refractivity contribution in [1.29, 1.82) is 0 Å². The quantitative estimate of drug-likeness (QED) is 0.0424. The van der Waals surface area contributed by atoms with Crippen LogP contribution in [0.4, 0.5) is 0 Å². The van der Waals surface area contributed by atoms with Gasteiger partial charge in [0.25, 0.3) is 0 Å². The van der Waals surface area contributed by atoms with Crippen LogP contribution in [-0.4, -0.2) is 34.9 Å². The Morgan fingerprint density at radius 2 is 0.667 bits per heavy atom. The minimum Gasteiger partial charge on any atom is -0.394 e. The van der Waals surface area contributed by atoms with Gasteiger partial charge in [0.2, 0.25) is 5.91 Å². The van der Waals surface area contributed by atoms with E-state index in [-0.39, 0.29) is 12.5 Å². The van der Waals surface area contributed by atoms with Crippen molar-refractivity contribution in [3.8, 4) is 0 Å². The number of nitrogens with one attached hydrogen (secondary N) is 1. The molecule has 0 bridgehead atoms. The molecular formula is C53H103NO3. The van der Waals surface area contributed by atoms with E-state index >= 15 is 0 Å². The van der Waals surface area contributed by atoms with Gasteiger partial charge in [0, 0.05) is 6.42 Å². The van der Waals surface area contributed by atoms with Gasteiger partial charge in [0.1, 0.15) is 0 Å². The first-order valence-corrected chi connectivity index (χ1v) is 26.1. The van der Waals surface area contributed by atoms with Gasteiger partial charge in [-0.15, -0.1) is 0 Å². The lowest BCUT2D eigenvalue weighted by Gasteiger charge is -2.20. The fraction of sp³-hybridized carbons (Fsp3) is 0.906. The Hall–Kier alpha value is -1.13. The zero-order chi connectivity index (χ0) is 41.4. The van der Waals surface area contributed by atoms with Crippen molar-refractivity contribution in [2.24, 2.45) is 0 Å². The average molecular weight is 802 g/mol. The molecule has 0 aliphatic heterocycles. The van der Waals surface area contributed by atoms with Gasteiger partial charge in [-0.2, -0.15) is 0 Å².